The number of ether oxygens (including phenoxy) is 1. The van der Waals surface area contributed by atoms with Crippen LogP contribution in [0.1, 0.15) is 19.8 Å². The van der Waals surface area contributed by atoms with Gasteiger partial charge in [-0.2, -0.15) is 4.98 Å². The van der Waals surface area contributed by atoms with Gasteiger partial charge in [-0.25, -0.2) is 4.98 Å². The minimum atomic E-state index is -0.249. The summed E-state index contributed by atoms with van der Waals surface area (Å²) in [6, 6.07) is 0.00248. The van der Waals surface area contributed by atoms with Crippen LogP contribution >= 0.6 is 11.6 Å². The number of carbonyl (C=O) groups is 1. The molecule has 1 aromatic heterocycles. The number of halogens is 1. The van der Waals surface area contributed by atoms with Crippen molar-refractivity contribution in [1.82, 2.24) is 9.97 Å². The standard InChI is InChI=1S/C13H17ClN4O2/c1-8-12(19)17(2)10-7-15-13(14)16-11(10)18(8)9-3-5-20-6-4-9/h7-9H,3-6H2,1-2H3. The van der Waals surface area contributed by atoms with E-state index in [1.54, 1.807) is 18.1 Å². The van der Waals surface area contributed by atoms with Crippen molar-refractivity contribution < 1.29 is 9.53 Å². The molecule has 1 aromatic rings. The van der Waals surface area contributed by atoms with Crippen LogP contribution in [-0.4, -0.2) is 48.2 Å². The fraction of sp³-hybridized carbons (Fsp3) is 0.615. The summed E-state index contributed by atoms with van der Waals surface area (Å²) in [5, 5.41) is 0.204. The van der Waals surface area contributed by atoms with Gasteiger partial charge in [0.25, 0.3) is 0 Å². The Morgan fingerprint density at radius 2 is 2.10 bits per heavy atom. The molecule has 1 saturated heterocycles. The number of amides is 1. The van der Waals surface area contributed by atoms with Crippen LogP contribution < -0.4 is 9.80 Å². The predicted molar refractivity (Wildman–Crippen MR) is 76.2 cm³/mol. The van der Waals surface area contributed by atoms with E-state index in [9.17, 15) is 4.79 Å². The highest BCUT2D eigenvalue weighted by Crippen LogP contribution is 2.36. The van der Waals surface area contributed by atoms with E-state index < -0.39 is 0 Å². The number of carbonyl (C=O) groups excluding carboxylic acids is 1. The van der Waals surface area contributed by atoms with Crippen molar-refractivity contribution in [3.63, 3.8) is 0 Å². The molecule has 7 heteroatoms. The van der Waals surface area contributed by atoms with Gasteiger partial charge in [-0.3, -0.25) is 4.79 Å². The Balaban J connectivity index is 2.05. The van der Waals surface area contributed by atoms with E-state index in [-0.39, 0.29) is 23.3 Å². The van der Waals surface area contributed by atoms with Crippen LogP contribution in [0.3, 0.4) is 0 Å². The molecular weight excluding hydrogens is 280 g/mol. The van der Waals surface area contributed by atoms with Crippen LogP contribution in [0.15, 0.2) is 6.20 Å². The van der Waals surface area contributed by atoms with Crippen molar-refractivity contribution in [3.05, 3.63) is 11.5 Å². The Morgan fingerprint density at radius 3 is 2.80 bits per heavy atom. The summed E-state index contributed by atoms with van der Waals surface area (Å²) in [4.78, 5) is 24.4. The molecule has 0 aromatic carbocycles. The maximum absolute atomic E-state index is 12.4. The molecule has 1 unspecified atom stereocenters. The van der Waals surface area contributed by atoms with Crippen molar-refractivity contribution in [3.8, 4) is 0 Å². The molecule has 1 amide bonds. The Labute approximate surface area is 122 Å². The summed E-state index contributed by atoms with van der Waals surface area (Å²) in [7, 11) is 1.75. The van der Waals surface area contributed by atoms with Gasteiger partial charge < -0.3 is 14.5 Å². The van der Waals surface area contributed by atoms with Crippen molar-refractivity contribution in [2.45, 2.75) is 31.8 Å². The second kappa shape index (κ2) is 5.18. The topological polar surface area (TPSA) is 58.6 Å². The summed E-state index contributed by atoms with van der Waals surface area (Å²) in [5.41, 5.74) is 0.712. The molecule has 20 heavy (non-hydrogen) atoms. The Morgan fingerprint density at radius 1 is 1.40 bits per heavy atom. The fourth-order valence-electron chi connectivity index (χ4n) is 2.93. The summed E-state index contributed by atoms with van der Waals surface area (Å²) < 4.78 is 5.40. The third kappa shape index (κ3) is 2.13. The smallest absolute Gasteiger partial charge is 0.249 e. The highest BCUT2D eigenvalue weighted by atomic mass is 35.5. The zero-order chi connectivity index (χ0) is 14.3. The summed E-state index contributed by atoms with van der Waals surface area (Å²) in [6.45, 7) is 3.34. The van der Waals surface area contributed by atoms with Crippen LogP contribution in [0.2, 0.25) is 5.28 Å². The lowest BCUT2D eigenvalue weighted by Crippen LogP contribution is -2.56. The highest BCUT2D eigenvalue weighted by Gasteiger charge is 2.39. The Hall–Kier alpha value is -1.40. The molecule has 0 bridgehead atoms. The molecule has 0 radical (unpaired) electrons. The van der Waals surface area contributed by atoms with E-state index in [4.69, 9.17) is 16.3 Å². The number of rotatable bonds is 1. The zero-order valence-electron chi connectivity index (χ0n) is 11.5. The molecule has 3 rings (SSSR count). The van der Waals surface area contributed by atoms with Gasteiger partial charge in [-0.05, 0) is 31.4 Å². The van der Waals surface area contributed by atoms with E-state index in [2.05, 4.69) is 14.9 Å². The molecular formula is C13H17ClN4O2. The molecule has 0 spiro atoms. The van der Waals surface area contributed by atoms with Gasteiger partial charge in [0.2, 0.25) is 11.2 Å². The molecule has 2 aliphatic heterocycles. The molecule has 0 aliphatic carbocycles. The molecule has 1 fully saturated rings. The zero-order valence-corrected chi connectivity index (χ0v) is 12.3. The molecule has 6 nitrogen and oxygen atoms in total. The molecule has 2 aliphatic rings. The third-order valence-electron chi connectivity index (χ3n) is 4.02. The van der Waals surface area contributed by atoms with Crippen LogP contribution in [0.4, 0.5) is 11.5 Å². The van der Waals surface area contributed by atoms with E-state index >= 15 is 0 Å². The minimum Gasteiger partial charge on any atom is -0.381 e. The van der Waals surface area contributed by atoms with E-state index in [0.717, 1.165) is 18.7 Å². The number of aromatic nitrogens is 2. The minimum absolute atomic E-state index is 0.0508. The lowest BCUT2D eigenvalue weighted by molar-refractivity contribution is -0.119. The summed E-state index contributed by atoms with van der Waals surface area (Å²) in [5.74, 6) is 0.793. The molecule has 0 N–H and O–H groups in total. The summed E-state index contributed by atoms with van der Waals surface area (Å²) in [6.07, 6.45) is 3.39. The normalized spacial score (nSPS) is 23.9. The lowest BCUT2D eigenvalue weighted by Gasteiger charge is -2.44. The number of likely N-dealkylation sites (N-methyl/N-ethyl adjacent to an activating group) is 1. The number of hydrogen-bond acceptors (Lipinski definition) is 5. The van der Waals surface area contributed by atoms with Crippen molar-refractivity contribution in [1.29, 1.82) is 0 Å². The SMILES string of the molecule is CC1C(=O)N(C)c2cnc(Cl)nc2N1C1CCOCC1. The Kier molecular flexibility index (Phi) is 3.52. The predicted octanol–water partition coefficient (Wildman–Crippen LogP) is 1.48. The van der Waals surface area contributed by atoms with Gasteiger partial charge in [0.05, 0.1) is 6.20 Å². The first-order valence-electron chi connectivity index (χ1n) is 6.76. The van der Waals surface area contributed by atoms with E-state index in [0.29, 0.717) is 18.9 Å². The van der Waals surface area contributed by atoms with Gasteiger partial charge in [0, 0.05) is 26.3 Å². The van der Waals surface area contributed by atoms with Crippen LogP contribution in [0.25, 0.3) is 0 Å². The van der Waals surface area contributed by atoms with Gasteiger partial charge in [-0.1, -0.05) is 0 Å². The fourth-order valence-corrected chi connectivity index (χ4v) is 3.05. The second-order valence-electron chi connectivity index (χ2n) is 5.17. The maximum Gasteiger partial charge on any atom is 0.249 e. The van der Waals surface area contributed by atoms with Gasteiger partial charge in [-0.15, -0.1) is 0 Å². The van der Waals surface area contributed by atoms with Gasteiger partial charge in [0.15, 0.2) is 5.82 Å². The number of hydrogen-bond donors (Lipinski definition) is 0. The molecule has 0 saturated carbocycles. The first-order chi connectivity index (χ1) is 9.59. The Bertz CT molecular complexity index is 533. The molecule has 1 atom stereocenters. The number of fused-ring (bicyclic) bond motifs is 1. The first-order valence-corrected chi connectivity index (χ1v) is 7.13. The summed E-state index contributed by atoms with van der Waals surface area (Å²) >= 11 is 5.94. The van der Waals surface area contributed by atoms with Crippen LogP contribution in [-0.2, 0) is 9.53 Å². The highest BCUT2D eigenvalue weighted by molar-refractivity contribution is 6.28. The van der Waals surface area contributed by atoms with Crippen LogP contribution in [0.5, 0.6) is 0 Å². The molecule has 3 heterocycles. The third-order valence-corrected chi connectivity index (χ3v) is 4.20. The van der Waals surface area contributed by atoms with E-state index in [1.165, 1.54) is 0 Å². The van der Waals surface area contributed by atoms with Crippen LogP contribution in [0, 0.1) is 0 Å². The van der Waals surface area contributed by atoms with Crippen molar-refractivity contribution >= 4 is 29.0 Å². The molecule has 108 valence electrons. The van der Waals surface area contributed by atoms with E-state index in [1.807, 2.05) is 6.92 Å². The quantitative estimate of drug-likeness (QED) is 0.735. The average molecular weight is 297 g/mol. The van der Waals surface area contributed by atoms with Gasteiger partial charge >= 0.3 is 0 Å². The number of nitrogens with zero attached hydrogens (tertiary/aromatic N) is 4. The monoisotopic (exact) mass is 296 g/mol. The number of anilines is 2. The van der Waals surface area contributed by atoms with Crippen molar-refractivity contribution in [2.24, 2.45) is 0 Å². The average Bonchev–Trinajstić information content (AvgIpc) is 2.46. The van der Waals surface area contributed by atoms with Crippen molar-refractivity contribution in [2.75, 3.05) is 30.1 Å². The second-order valence-corrected chi connectivity index (χ2v) is 5.51. The van der Waals surface area contributed by atoms with Gasteiger partial charge in [0.1, 0.15) is 11.7 Å². The lowest BCUT2D eigenvalue weighted by atomic mass is 10.0. The largest absolute Gasteiger partial charge is 0.381 e. The first kappa shape index (κ1) is 13.6. The maximum atomic E-state index is 12.4.